The van der Waals surface area contributed by atoms with E-state index in [1.807, 2.05) is 18.2 Å². The van der Waals surface area contributed by atoms with Gasteiger partial charge < -0.3 is 15.2 Å². The maximum Gasteiger partial charge on any atom is 0.149 e. The Kier molecular flexibility index (Phi) is 3.64. The van der Waals surface area contributed by atoms with E-state index in [0.717, 1.165) is 28.3 Å². The molecule has 102 valence electrons. The van der Waals surface area contributed by atoms with E-state index in [2.05, 4.69) is 24.0 Å². The highest BCUT2D eigenvalue weighted by Crippen LogP contribution is 2.35. The minimum Gasteiger partial charge on any atom is -0.497 e. The van der Waals surface area contributed by atoms with Gasteiger partial charge in [-0.3, -0.25) is 5.10 Å². The van der Waals surface area contributed by atoms with Crippen LogP contribution in [0.4, 0.5) is 5.82 Å². The van der Waals surface area contributed by atoms with Crippen molar-refractivity contribution in [1.29, 1.82) is 0 Å². The third-order valence-electron chi connectivity index (χ3n) is 3.05. The lowest BCUT2D eigenvalue weighted by Crippen LogP contribution is -1.96. The van der Waals surface area contributed by atoms with Crippen molar-refractivity contribution in [1.82, 2.24) is 10.2 Å². The Morgan fingerprint density at radius 2 is 1.68 bits per heavy atom. The molecule has 0 atom stereocenters. The smallest absolute Gasteiger partial charge is 0.149 e. The van der Waals surface area contributed by atoms with Crippen molar-refractivity contribution in [2.24, 2.45) is 0 Å². The molecule has 0 aliphatic rings. The van der Waals surface area contributed by atoms with Crippen molar-refractivity contribution < 1.29 is 9.47 Å². The van der Waals surface area contributed by atoms with Gasteiger partial charge in [-0.05, 0) is 18.1 Å². The van der Waals surface area contributed by atoms with Crippen LogP contribution in [0.25, 0.3) is 11.3 Å². The van der Waals surface area contributed by atoms with Gasteiger partial charge in [0.25, 0.3) is 0 Å². The molecule has 19 heavy (non-hydrogen) atoms. The van der Waals surface area contributed by atoms with Crippen LogP contribution in [0.5, 0.6) is 11.5 Å². The number of aromatic amines is 1. The summed E-state index contributed by atoms with van der Waals surface area (Å²) in [5.41, 5.74) is 8.78. The fraction of sp³-hybridized carbons (Fsp3) is 0.357. The molecule has 0 spiro atoms. The van der Waals surface area contributed by atoms with Crippen molar-refractivity contribution in [3.05, 3.63) is 23.8 Å². The first-order valence-corrected chi connectivity index (χ1v) is 6.14. The molecule has 3 N–H and O–H groups in total. The molecule has 0 amide bonds. The molecular weight excluding hydrogens is 242 g/mol. The Morgan fingerprint density at radius 1 is 1.11 bits per heavy atom. The number of methoxy groups -OCH3 is 2. The maximum atomic E-state index is 5.92. The van der Waals surface area contributed by atoms with Gasteiger partial charge >= 0.3 is 0 Å². The van der Waals surface area contributed by atoms with E-state index < -0.39 is 0 Å². The van der Waals surface area contributed by atoms with E-state index in [-0.39, 0.29) is 5.92 Å². The summed E-state index contributed by atoms with van der Waals surface area (Å²) in [6.45, 7) is 4.17. The number of hydrogen-bond acceptors (Lipinski definition) is 4. The summed E-state index contributed by atoms with van der Waals surface area (Å²) >= 11 is 0. The molecule has 0 unspecified atom stereocenters. The van der Waals surface area contributed by atoms with Crippen LogP contribution in [0, 0.1) is 0 Å². The molecule has 0 saturated heterocycles. The highest BCUT2D eigenvalue weighted by molar-refractivity contribution is 5.71. The summed E-state index contributed by atoms with van der Waals surface area (Å²) in [4.78, 5) is 0. The van der Waals surface area contributed by atoms with Gasteiger partial charge in [-0.2, -0.15) is 5.10 Å². The summed E-state index contributed by atoms with van der Waals surface area (Å²) in [7, 11) is 3.26. The van der Waals surface area contributed by atoms with Gasteiger partial charge in [-0.15, -0.1) is 0 Å². The Morgan fingerprint density at radius 3 is 2.16 bits per heavy atom. The monoisotopic (exact) mass is 261 g/mol. The van der Waals surface area contributed by atoms with Crippen molar-refractivity contribution in [3.8, 4) is 22.8 Å². The van der Waals surface area contributed by atoms with Gasteiger partial charge in [0.05, 0.1) is 19.9 Å². The topological polar surface area (TPSA) is 73.2 Å². The highest BCUT2D eigenvalue weighted by Gasteiger charge is 2.17. The number of anilines is 1. The zero-order chi connectivity index (χ0) is 14.0. The van der Waals surface area contributed by atoms with Crippen LogP contribution in [0.15, 0.2) is 18.2 Å². The van der Waals surface area contributed by atoms with E-state index in [1.165, 1.54) is 0 Å². The normalized spacial score (nSPS) is 10.8. The van der Waals surface area contributed by atoms with E-state index in [9.17, 15) is 0 Å². The first-order chi connectivity index (χ1) is 9.06. The standard InChI is InChI=1S/C14H19N3O2/c1-8(2)12-13(16-17-14(12)15)9-5-10(18-3)7-11(6-9)19-4/h5-8H,1-4H3,(H3,15,16,17). The lowest BCUT2D eigenvalue weighted by molar-refractivity contribution is 0.394. The lowest BCUT2D eigenvalue weighted by atomic mass is 9.98. The number of nitrogens with zero attached hydrogens (tertiary/aromatic N) is 1. The second kappa shape index (κ2) is 5.22. The van der Waals surface area contributed by atoms with Crippen LogP contribution in [0.1, 0.15) is 25.3 Å². The quantitative estimate of drug-likeness (QED) is 0.887. The van der Waals surface area contributed by atoms with Crippen LogP contribution >= 0.6 is 0 Å². The maximum absolute atomic E-state index is 5.92. The molecule has 5 nitrogen and oxygen atoms in total. The molecule has 0 aliphatic carbocycles. The van der Waals surface area contributed by atoms with E-state index in [1.54, 1.807) is 14.2 Å². The second-order valence-electron chi connectivity index (χ2n) is 4.65. The predicted molar refractivity (Wildman–Crippen MR) is 75.6 cm³/mol. The van der Waals surface area contributed by atoms with Crippen molar-refractivity contribution >= 4 is 5.82 Å². The molecule has 0 bridgehead atoms. The Bertz CT molecular complexity index is 554. The number of rotatable bonds is 4. The summed E-state index contributed by atoms with van der Waals surface area (Å²) < 4.78 is 10.6. The molecule has 1 aromatic heterocycles. The number of benzene rings is 1. The van der Waals surface area contributed by atoms with Gasteiger partial charge in [0.2, 0.25) is 0 Å². The Hall–Kier alpha value is -2.17. The van der Waals surface area contributed by atoms with Gasteiger partial charge in [0.1, 0.15) is 17.3 Å². The molecule has 0 aliphatic heterocycles. The number of nitrogen functional groups attached to an aromatic ring is 1. The number of nitrogens with two attached hydrogens (primary N) is 1. The summed E-state index contributed by atoms with van der Waals surface area (Å²) in [6, 6.07) is 5.70. The van der Waals surface area contributed by atoms with Crippen LogP contribution in [0.2, 0.25) is 0 Å². The second-order valence-corrected chi connectivity index (χ2v) is 4.65. The minimum absolute atomic E-state index is 0.283. The van der Waals surface area contributed by atoms with Crippen LogP contribution in [-0.2, 0) is 0 Å². The molecular formula is C14H19N3O2. The van der Waals surface area contributed by atoms with Crippen molar-refractivity contribution in [2.45, 2.75) is 19.8 Å². The molecule has 1 aromatic carbocycles. The van der Waals surface area contributed by atoms with Crippen LogP contribution in [-0.4, -0.2) is 24.4 Å². The largest absolute Gasteiger partial charge is 0.497 e. The van der Waals surface area contributed by atoms with Crippen LogP contribution < -0.4 is 15.2 Å². The van der Waals surface area contributed by atoms with Gasteiger partial charge in [-0.25, -0.2) is 0 Å². The fourth-order valence-corrected chi connectivity index (χ4v) is 2.12. The van der Waals surface area contributed by atoms with Gasteiger partial charge in [0, 0.05) is 17.2 Å². The molecule has 0 radical (unpaired) electrons. The average molecular weight is 261 g/mol. The van der Waals surface area contributed by atoms with E-state index in [0.29, 0.717) is 5.82 Å². The predicted octanol–water partition coefficient (Wildman–Crippen LogP) is 2.80. The minimum atomic E-state index is 0.283. The number of nitrogens with one attached hydrogen (secondary N) is 1. The number of aromatic nitrogens is 2. The Labute approximate surface area is 112 Å². The molecule has 0 fully saturated rings. The first-order valence-electron chi connectivity index (χ1n) is 6.14. The zero-order valence-electron chi connectivity index (χ0n) is 11.7. The average Bonchev–Trinajstić information content (AvgIpc) is 2.80. The number of H-pyrrole nitrogens is 1. The molecule has 0 saturated carbocycles. The van der Waals surface area contributed by atoms with Crippen LogP contribution in [0.3, 0.4) is 0 Å². The third-order valence-corrected chi connectivity index (χ3v) is 3.05. The first kappa shape index (κ1) is 13.3. The van der Waals surface area contributed by atoms with Crippen molar-refractivity contribution in [3.63, 3.8) is 0 Å². The third kappa shape index (κ3) is 2.50. The zero-order valence-corrected chi connectivity index (χ0v) is 11.7. The molecule has 5 heteroatoms. The summed E-state index contributed by atoms with van der Waals surface area (Å²) in [5, 5.41) is 7.08. The van der Waals surface area contributed by atoms with Gasteiger partial charge in [0.15, 0.2) is 0 Å². The lowest BCUT2D eigenvalue weighted by Gasteiger charge is -2.10. The molecule has 2 aromatic rings. The Balaban J connectivity index is 2.58. The SMILES string of the molecule is COc1cc(OC)cc(-c2[nH]nc(N)c2C(C)C)c1. The molecule has 1 heterocycles. The molecule has 2 rings (SSSR count). The number of hydrogen-bond donors (Lipinski definition) is 2. The summed E-state index contributed by atoms with van der Waals surface area (Å²) in [6.07, 6.45) is 0. The van der Waals surface area contributed by atoms with Gasteiger partial charge in [-0.1, -0.05) is 13.8 Å². The van der Waals surface area contributed by atoms with E-state index in [4.69, 9.17) is 15.2 Å². The fourth-order valence-electron chi connectivity index (χ4n) is 2.12. The number of ether oxygens (including phenoxy) is 2. The highest BCUT2D eigenvalue weighted by atomic mass is 16.5. The van der Waals surface area contributed by atoms with E-state index >= 15 is 0 Å². The van der Waals surface area contributed by atoms with Crippen molar-refractivity contribution in [2.75, 3.05) is 20.0 Å². The summed E-state index contributed by atoms with van der Waals surface area (Å²) in [5.74, 6) is 2.28.